The number of ether oxygens (including phenoxy) is 1. The van der Waals surface area contributed by atoms with E-state index in [1.807, 2.05) is 12.1 Å². The van der Waals surface area contributed by atoms with Crippen LogP contribution in [0.1, 0.15) is 27.8 Å². The third-order valence-corrected chi connectivity index (χ3v) is 5.23. The highest BCUT2D eigenvalue weighted by atomic mass is 35.5. The number of hydrogen-bond acceptors (Lipinski definition) is 6. The van der Waals surface area contributed by atoms with Crippen molar-refractivity contribution in [3.63, 3.8) is 0 Å². The van der Waals surface area contributed by atoms with Crippen LogP contribution in [0.5, 0.6) is 0 Å². The van der Waals surface area contributed by atoms with Crippen LogP contribution in [0.15, 0.2) is 48.5 Å². The molecule has 154 valence electrons. The number of nitrogens with zero attached hydrogens (tertiary/aromatic N) is 5. The first-order valence-electron chi connectivity index (χ1n) is 9.27. The average molecular weight is 428 g/mol. The molecule has 0 bridgehead atoms. The minimum atomic E-state index is -0.480. The predicted molar refractivity (Wildman–Crippen MR) is 109 cm³/mol. The molecule has 1 saturated heterocycles. The van der Waals surface area contributed by atoms with E-state index in [1.54, 1.807) is 36.1 Å². The zero-order valence-electron chi connectivity index (χ0n) is 16.1. The summed E-state index contributed by atoms with van der Waals surface area (Å²) in [7, 11) is 0. The number of halogens is 1. The first-order valence-corrected chi connectivity index (χ1v) is 9.65. The van der Waals surface area contributed by atoms with Crippen molar-refractivity contribution in [2.24, 2.45) is 0 Å². The highest BCUT2D eigenvalue weighted by Crippen LogP contribution is 2.25. The van der Waals surface area contributed by atoms with E-state index in [9.17, 15) is 14.9 Å². The third-order valence-electron chi connectivity index (χ3n) is 4.98. The minimum absolute atomic E-state index is 0.0609. The fraction of sp³-hybridized carbons (Fsp3) is 0.250. The smallest absolute Gasteiger partial charge is 0.276 e. The molecule has 1 amide bonds. The summed E-state index contributed by atoms with van der Waals surface area (Å²) in [5, 5.41) is 19.8. The summed E-state index contributed by atoms with van der Waals surface area (Å²) in [6, 6.07) is 13.4. The van der Waals surface area contributed by atoms with Crippen LogP contribution in [0.2, 0.25) is 5.02 Å². The number of carbonyl (C=O) groups is 1. The van der Waals surface area contributed by atoms with Crippen LogP contribution in [0.4, 0.5) is 5.69 Å². The van der Waals surface area contributed by atoms with Gasteiger partial charge >= 0.3 is 0 Å². The van der Waals surface area contributed by atoms with Crippen molar-refractivity contribution in [1.82, 2.24) is 19.9 Å². The number of benzene rings is 2. The van der Waals surface area contributed by atoms with E-state index in [4.69, 9.17) is 16.3 Å². The Balaban J connectivity index is 1.56. The van der Waals surface area contributed by atoms with Crippen LogP contribution in [-0.2, 0) is 4.74 Å². The van der Waals surface area contributed by atoms with E-state index in [0.717, 1.165) is 5.56 Å². The molecular formula is C20H18ClN5O4. The van der Waals surface area contributed by atoms with Gasteiger partial charge in [0.1, 0.15) is 6.10 Å². The second-order valence-electron chi connectivity index (χ2n) is 6.87. The molecule has 0 radical (unpaired) electrons. The number of rotatable bonds is 4. The molecule has 10 heteroatoms. The van der Waals surface area contributed by atoms with Gasteiger partial charge in [-0.15, -0.1) is 5.10 Å². The minimum Gasteiger partial charge on any atom is -0.370 e. The zero-order valence-corrected chi connectivity index (χ0v) is 16.8. The van der Waals surface area contributed by atoms with E-state index in [2.05, 4.69) is 10.3 Å². The second kappa shape index (κ2) is 8.21. The van der Waals surface area contributed by atoms with Gasteiger partial charge in [-0.25, -0.2) is 4.68 Å². The molecular weight excluding hydrogens is 410 g/mol. The van der Waals surface area contributed by atoms with Gasteiger partial charge in [-0.05, 0) is 30.7 Å². The topological polar surface area (TPSA) is 103 Å². The van der Waals surface area contributed by atoms with E-state index < -0.39 is 4.92 Å². The van der Waals surface area contributed by atoms with Gasteiger partial charge in [-0.1, -0.05) is 35.0 Å². The molecule has 1 atom stereocenters. The van der Waals surface area contributed by atoms with Gasteiger partial charge in [0.15, 0.2) is 5.69 Å². The standard InChI is InChI=1S/C20H18ClN5O4/c1-13-19(22-23-25(13)16-3-2-4-17(11-16)26(28)29)20(27)24-9-10-30-18(12-24)14-5-7-15(21)8-6-14/h2-8,11,18H,9-10,12H2,1H3. The van der Waals surface area contributed by atoms with Gasteiger partial charge < -0.3 is 9.64 Å². The fourth-order valence-electron chi connectivity index (χ4n) is 3.37. The van der Waals surface area contributed by atoms with Gasteiger partial charge in [-0.3, -0.25) is 14.9 Å². The quantitative estimate of drug-likeness (QED) is 0.467. The molecule has 30 heavy (non-hydrogen) atoms. The predicted octanol–water partition coefficient (Wildman–Crippen LogP) is 3.35. The zero-order chi connectivity index (χ0) is 21.3. The lowest BCUT2D eigenvalue weighted by molar-refractivity contribution is -0.384. The first kappa shape index (κ1) is 20.0. The SMILES string of the molecule is Cc1c(C(=O)N2CCOC(c3ccc(Cl)cc3)C2)nnn1-c1cccc([N+](=O)[O-])c1. The molecule has 1 aliphatic heterocycles. The number of nitro groups is 1. The molecule has 3 aromatic rings. The molecule has 2 aromatic carbocycles. The normalized spacial score (nSPS) is 16.5. The molecule has 0 spiro atoms. The van der Waals surface area contributed by atoms with Crippen molar-refractivity contribution in [2.45, 2.75) is 13.0 Å². The maximum atomic E-state index is 13.1. The second-order valence-corrected chi connectivity index (χ2v) is 7.31. The number of hydrogen-bond donors (Lipinski definition) is 0. The van der Waals surface area contributed by atoms with Crippen LogP contribution in [0.3, 0.4) is 0 Å². The monoisotopic (exact) mass is 427 g/mol. The summed E-state index contributed by atoms with van der Waals surface area (Å²) >= 11 is 5.95. The van der Waals surface area contributed by atoms with Crippen molar-refractivity contribution in [3.8, 4) is 5.69 Å². The van der Waals surface area contributed by atoms with Gasteiger partial charge in [0.25, 0.3) is 11.6 Å². The van der Waals surface area contributed by atoms with Crippen LogP contribution < -0.4 is 0 Å². The van der Waals surface area contributed by atoms with Gasteiger partial charge in [0.2, 0.25) is 0 Å². The summed E-state index contributed by atoms with van der Waals surface area (Å²) in [6.45, 7) is 2.93. The van der Waals surface area contributed by atoms with Gasteiger partial charge in [-0.2, -0.15) is 0 Å². The molecule has 9 nitrogen and oxygen atoms in total. The largest absolute Gasteiger partial charge is 0.370 e. The van der Waals surface area contributed by atoms with E-state index in [-0.39, 0.29) is 23.4 Å². The molecule has 0 aliphatic carbocycles. The molecule has 2 heterocycles. The van der Waals surface area contributed by atoms with Crippen molar-refractivity contribution in [2.75, 3.05) is 19.7 Å². The van der Waals surface area contributed by atoms with Crippen LogP contribution in [-0.4, -0.2) is 50.4 Å². The van der Waals surface area contributed by atoms with E-state index >= 15 is 0 Å². The third kappa shape index (κ3) is 3.89. The highest BCUT2D eigenvalue weighted by molar-refractivity contribution is 6.30. The number of morpholine rings is 1. The van der Waals surface area contributed by atoms with Crippen molar-refractivity contribution in [1.29, 1.82) is 0 Å². The van der Waals surface area contributed by atoms with Crippen molar-refractivity contribution < 1.29 is 14.5 Å². The highest BCUT2D eigenvalue weighted by Gasteiger charge is 2.29. The van der Waals surface area contributed by atoms with Crippen molar-refractivity contribution >= 4 is 23.2 Å². The maximum Gasteiger partial charge on any atom is 0.276 e. The van der Waals surface area contributed by atoms with Crippen molar-refractivity contribution in [3.05, 3.63) is 80.6 Å². The Morgan fingerprint density at radius 1 is 1.27 bits per heavy atom. The Kier molecular flexibility index (Phi) is 5.47. The van der Waals surface area contributed by atoms with E-state index in [1.165, 1.54) is 16.8 Å². The summed E-state index contributed by atoms with van der Waals surface area (Å²) in [4.78, 5) is 25.3. The van der Waals surface area contributed by atoms with Crippen LogP contribution >= 0.6 is 11.6 Å². The Morgan fingerprint density at radius 3 is 2.77 bits per heavy atom. The maximum absolute atomic E-state index is 13.1. The Bertz CT molecular complexity index is 1100. The first-order chi connectivity index (χ1) is 14.4. The fourth-order valence-corrected chi connectivity index (χ4v) is 3.50. The Morgan fingerprint density at radius 2 is 2.03 bits per heavy atom. The Hall–Kier alpha value is -3.30. The lowest BCUT2D eigenvalue weighted by atomic mass is 10.1. The summed E-state index contributed by atoms with van der Waals surface area (Å²) in [5.74, 6) is -0.258. The number of carbonyl (C=O) groups excluding carboxylic acids is 1. The van der Waals surface area contributed by atoms with Gasteiger partial charge in [0, 0.05) is 23.7 Å². The molecule has 1 aliphatic rings. The van der Waals surface area contributed by atoms with Crippen LogP contribution in [0, 0.1) is 17.0 Å². The molecule has 0 saturated carbocycles. The molecule has 1 aromatic heterocycles. The number of aromatic nitrogens is 3. The molecule has 1 unspecified atom stereocenters. The Labute approximate surface area is 177 Å². The van der Waals surface area contributed by atoms with E-state index in [0.29, 0.717) is 36.1 Å². The summed E-state index contributed by atoms with van der Waals surface area (Å²) in [6.07, 6.45) is -0.257. The number of non-ortho nitro benzene ring substituents is 1. The molecule has 0 N–H and O–H groups in total. The molecule has 1 fully saturated rings. The summed E-state index contributed by atoms with van der Waals surface area (Å²) < 4.78 is 7.25. The summed E-state index contributed by atoms with van der Waals surface area (Å²) in [5.41, 5.74) is 2.06. The number of nitro benzene ring substituents is 1. The van der Waals surface area contributed by atoms with Crippen LogP contribution in [0.25, 0.3) is 5.69 Å². The molecule has 4 rings (SSSR count). The lowest BCUT2D eigenvalue weighted by Crippen LogP contribution is -2.42. The average Bonchev–Trinajstić information content (AvgIpc) is 3.15. The number of amides is 1. The van der Waals surface area contributed by atoms with Gasteiger partial charge in [0.05, 0.1) is 29.5 Å². The lowest BCUT2D eigenvalue weighted by Gasteiger charge is -2.32.